The maximum Gasteiger partial charge on any atom is 0.250 e. The van der Waals surface area contributed by atoms with Crippen LogP contribution in [0.4, 0.5) is 11.4 Å². The number of nitrogens with one attached hydrogen (secondary N) is 2. The Labute approximate surface area is 214 Å². The summed E-state index contributed by atoms with van der Waals surface area (Å²) in [6.07, 6.45) is 6.65. The third-order valence-electron chi connectivity index (χ3n) is 5.74. The van der Waals surface area contributed by atoms with Crippen molar-refractivity contribution in [2.24, 2.45) is 0 Å². The van der Waals surface area contributed by atoms with Gasteiger partial charge in [0, 0.05) is 35.6 Å². The van der Waals surface area contributed by atoms with Gasteiger partial charge >= 0.3 is 0 Å². The average molecular weight is 514 g/mol. The summed E-state index contributed by atoms with van der Waals surface area (Å²) in [5.74, 6) is 0.699. The Bertz CT molecular complexity index is 1210. The molecule has 1 aliphatic heterocycles. The van der Waals surface area contributed by atoms with Crippen LogP contribution in [-0.4, -0.2) is 23.6 Å². The zero-order valence-corrected chi connectivity index (χ0v) is 21.0. The summed E-state index contributed by atoms with van der Waals surface area (Å²) in [6, 6.07) is 17.5. The largest absolute Gasteiger partial charge is 0.457 e. The molecule has 0 bridgehead atoms. The molecule has 176 valence electrons. The van der Waals surface area contributed by atoms with E-state index in [0.29, 0.717) is 33.2 Å². The van der Waals surface area contributed by atoms with Crippen LogP contribution in [0.2, 0.25) is 10.0 Å². The number of furan rings is 1. The van der Waals surface area contributed by atoms with Crippen LogP contribution in [0.25, 0.3) is 17.4 Å². The Morgan fingerprint density at radius 3 is 2.68 bits per heavy atom. The van der Waals surface area contributed by atoms with E-state index in [-0.39, 0.29) is 11.0 Å². The molecule has 2 N–H and O–H groups in total. The molecule has 2 heterocycles. The van der Waals surface area contributed by atoms with Crippen molar-refractivity contribution in [1.82, 2.24) is 5.32 Å². The summed E-state index contributed by atoms with van der Waals surface area (Å²) in [5, 5.41) is 6.78. The van der Waals surface area contributed by atoms with E-state index in [4.69, 9.17) is 39.8 Å². The summed E-state index contributed by atoms with van der Waals surface area (Å²) < 4.78 is 5.76. The molecule has 0 radical (unpaired) electrons. The lowest BCUT2D eigenvalue weighted by Crippen LogP contribution is -2.37. The number of halogens is 2. The Hall–Kier alpha value is -2.80. The van der Waals surface area contributed by atoms with E-state index in [9.17, 15) is 4.79 Å². The third kappa shape index (κ3) is 6.00. The minimum Gasteiger partial charge on any atom is -0.457 e. The highest BCUT2D eigenvalue weighted by Gasteiger charge is 2.18. The number of benzene rings is 2. The molecule has 4 rings (SSSR count). The molecule has 0 aliphatic carbocycles. The standard InChI is InChI=1S/C26H25Cl2N3O2S/c1-17-5-2-3-16-31(17)19-10-8-18(9-11-19)29-26(34)30-24(32)15-13-20-12-14-23(33-20)21-6-4-7-22(27)25(21)28/h4,6-15,17H,2-3,5,16H2,1H3,(H2,29,30,32,34)/b15-13+/t17-/m1/s1. The van der Waals surface area contributed by atoms with Crippen molar-refractivity contribution in [2.45, 2.75) is 32.2 Å². The van der Waals surface area contributed by atoms with E-state index in [1.165, 1.54) is 31.0 Å². The van der Waals surface area contributed by atoms with Gasteiger partial charge in [-0.05, 0) is 93.0 Å². The Balaban J connectivity index is 1.31. The van der Waals surface area contributed by atoms with Crippen LogP contribution in [0.15, 0.2) is 65.1 Å². The first kappa shape index (κ1) is 24.3. The van der Waals surface area contributed by atoms with Gasteiger partial charge in [0.2, 0.25) is 5.91 Å². The zero-order chi connectivity index (χ0) is 24.1. The predicted molar refractivity (Wildman–Crippen MR) is 145 cm³/mol. The molecule has 0 unspecified atom stereocenters. The van der Waals surface area contributed by atoms with E-state index in [2.05, 4.69) is 34.6 Å². The van der Waals surface area contributed by atoms with E-state index in [1.54, 1.807) is 30.3 Å². The van der Waals surface area contributed by atoms with Gasteiger partial charge in [0.25, 0.3) is 0 Å². The average Bonchev–Trinajstić information content (AvgIpc) is 3.29. The van der Waals surface area contributed by atoms with Crippen molar-refractivity contribution < 1.29 is 9.21 Å². The van der Waals surface area contributed by atoms with Crippen LogP contribution in [0, 0.1) is 0 Å². The van der Waals surface area contributed by atoms with Crippen LogP contribution in [0.5, 0.6) is 0 Å². The Morgan fingerprint density at radius 2 is 1.91 bits per heavy atom. The second kappa shape index (κ2) is 11.1. The monoisotopic (exact) mass is 513 g/mol. The van der Waals surface area contributed by atoms with E-state index < -0.39 is 0 Å². The molecule has 1 saturated heterocycles. The summed E-state index contributed by atoms with van der Waals surface area (Å²) in [5.41, 5.74) is 2.70. The van der Waals surface area contributed by atoms with Crippen LogP contribution >= 0.6 is 35.4 Å². The minimum absolute atomic E-state index is 0.222. The van der Waals surface area contributed by atoms with Gasteiger partial charge in [-0.25, -0.2) is 0 Å². The molecule has 5 nitrogen and oxygen atoms in total. The molecule has 34 heavy (non-hydrogen) atoms. The smallest absolute Gasteiger partial charge is 0.250 e. The van der Waals surface area contributed by atoms with Gasteiger partial charge in [-0.2, -0.15) is 0 Å². The molecule has 1 fully saturated rings. The van der Waals surface area contributed by atoms with Crippen molar-refractivity contribution in [2.75, 3.05) is 16.8 Å². The quantitative estimate of drug-likeness (QED) is 0.280. The zero-order valence-electron chi connectivity index (χ0n) is 18.7. The lowest BCUT2D eigenvalue weighted by molar-refractivity contribution is -0.115. The second-order valence-corrected chi connectivity index (χ2v) is 9.36. The van der Waals surface area contributed by atoms with Gasteiger partial charge in [0.1, 0.15) is 11.5 Å². The second-order valence-electron chi connectivity index (χ2n) is 8.17. The highest BCUT2D eigenvalue weighted by molar-refractivity contribution is 7.80. The predicted octanol–water partition coefficient (Wildman–Crippen LogP) is 7.16. The summed E-state index contributed by atoms with van der Waals surface area (Å²) in [4.78, 5) is 14.7. The number of piperidine rings is 1. The van der Waals surface area contributed by atoms with E-state index in [0.717, 1.165) is 12.2 Å². The molecule has 1 aromatic heterocycles. The topological polar surface area (TPSA) is 57.5 Å². The summed E-state index contributed by atoms with van der Waals surface area (Å²) in [7, 11) is 0. The van der Waals surface area contributed by atoms with E-state index >= 15 is 0 Å². The molecule has 1 atom stereocenters. The SMILES string of the molecule is C[C@@H]1CCCCN1c1ccc(NC(=S)NC(=O)/C=C/c2ccc(-c3cccc(Cl)c3Cl)o2)cc1. The van der Waals surface area contributed by atoms with Crippen molar-refractivity contribution in [3.8, 4) is 11.3 Å². The van der Waals surface area contributed by atoms with Gasteiger partial charge < -0.3 is 14.6 Å². The number of carbonyl (C=O) groups excluding carboxylic acids is 1. The fourth-order valence-electron chi connectivity index (χ4n) is 3.97. The number of hydrogen-bond acceptors (Lipinski definition) is 4. The fourth-order valence-corrected chi connectivity index (χ4v) is 4.59. The number of thiocarbonyl (C=S) groups is 1. The summed E-state index contributed by atoms with van der Waals surface area (Å²) >= 11 is 17.6. The van der Waals surface area contributed by atoms with Gasteiger partial charge in [0.15, 0.2) is 5.11 Å². The first-order valence-corrected chi connectivity index (χ1v) is 12.3. The van der Waals surface area contributed by atoms with Crippen LogP contribution < -0.4 is 15.5 Å². The van der Waals surface area contributed by atoms with Gasteiger partial charge in [-0.1, -0.05) is 29.3 Å². The lowest BCUT2D eigenvalue weighted by Gasteiger charge is -2.35. The normalized spacial score (nSPS) is 16.0. The summed E-state index contributed by atoms with van der Waals surface area (Å²) in [6.45, 7) is 3.34. The first-order valence-electron chi connectivity index (χ1n) is 11.1. The van der Waals surface area contributed by atoms with Crippen molar-refractivity contribution >= 4 is 63.9 Å². The van der Waals surface area contributed by atoms with Crippen LogP contribution in [0.1, 0.15) is 31.9 Å². The first-order chi connectivity index (χ1) is 16.4. The molecule has 2 aromatic carbocycles. The van der Waals surface area contributed by atoms with Crippen LogP contribution in [-0.2, 0) is 4.79 Å². The third-order valence-corrected chi connectivity index (χ3v) is 6.76. The molecule has 8 heteroatoms. The molecule has 1 aliphatic rings. The van der Waals surface area contributed by atoms with Gasteiger partial charge in [-0.15, -0.1) is 0 Å². The minimum atomic E-state index is -0.366. The number of amides is 1. The number of nitrogens with zero attached hydrogens (tertiary/aromatic N) is 1. The van der Waals surface area contributed by atoms with Gasteiger partial charge in [0.05, 0.1) is 10.0 Å². The highest BCUT2D eigenvalue weighted by Crippen LogP contribution is 2.34. The van der Waals surface area contributed by atoms with Crippen molar-refractivity contribution in [3.05, 3.63) is 76.5 Å². The van der Waals surface area contributed by atoms with Crippen molar-refractivity contribution in [3.63, 3.8) is 0 Å². The van der Waals surface area contributed by atoms with Gasteiger partial charge in [-0.3, -0.25) is 10.1 Å². The van der Waals surface area contributed by atoms with Crippen LogP contribution in [0.3, 0.4) is 0 Å². The molecular formula is C26H25Cl2N3O2S. The maximum atomic E-state index is 12.3. The van der Waals surface area contributed by atoms with E-state index in [1.807, 2.05) is 18.2 Å². The molecule has 0 spiro atoms. The Kier molecular flexibility index (Phi) is 7.93. The number of hydrogen-bond donors (Lipinski definition) is 2. The number of anilines is 2. The number of carbonyl (C=O) groups is 1. The lowest BCUT2D eigenvalue weighted by atomic mass is 10.0. The molecular weight excluding hydrogens is 489 g/mol. The molecule has 1 amide bonds. The highest BCUT2D eigenvalue weighted by atomic mass is 35.5. The molecule has 3 aromatic rings. The van der Waals surface area contributed by atoms with Crippen molar-refractivity contribution in [1.29, 1.82) is 0 Å². The molecule has 0 saturated carbocycles. The number of rotatable bonds is 5. The Morgan fingerprint density at radius 1 is 1.12 bits per heavy atom. The fraction of sp³-hybridized carbons (Fsp3) is 0.231. The maximum absolute atomic E-state index is 12.3.